The van der Waals surface area contributed by atoms with Crippen molar-refractivity contribution in [1.29, 1.82) is 0 Å². The third kappa shape index (κ3) is 3.17. The maximum absolute atomic E-state index is 5.70. The molecule has 0 spiro atoms. The van der Waals surface area contributed by atoms with Crippen LogP contribution in [0.25, 0.3) is 10.8 Å². The second-order valence-electron chi connectivity index (χ2n) is 4.67. The van der Waals surface area contributed by atoms with E-state index in [0.29, 0.717) is 0 Å². The van der Waals surface area contributed by atoms with Crippen LogP contribution in [0.5, 0.6) is 0 Å². The molecule has 96 valence electrons. The molecule has 0 aliphatic carbocycles. The first-order valence-corrected chi connectivity index (χ1v) is 7.11. The fraction of sp³-hybridized carbons (Fsp3) is 0.375. The first-order valence-electron chi connectivity index (χ1n) is 6.58. The third-order valence-corrected chi connectivity index (χ3v) is 3.57. The Hall–Kier alpha value is -1.21. The molecule has 0 amide bonds. The largest absolute Gasteiger partial charge is 0.374 e. The molecule has 2 rings (SSSR count). The van der Waals surface area contributed by atoms with Crippen LogP contribution in [0.2, 0.25) is 0 Å². The van der Waals surface area contributed by atoms with E-state index in [-0.39, 0.29) is 0 Å². The Labute approximate surface area is 114 Å². The molecule has 0 radical (unpaired) electrons. The SMILES string of the molecule is CN(CCCCCCl)c1cccc2ccccc12. The summed E-state index contributed by atoms with van der Waals surface area (Å²) < 4.78 is 0. The number of nitrogens with zero attached hydrogens (tertiary/aromatic N) is 1. The molecule has 0 bridgehead atoms. The van der Waals surface area contributed by atoms with E-state index in [4.69, 9.17) is 11.6 Å². The second kappa shape index (κ2) is 6.65. The molecule has 0 saturated carbocycles. The van der Waals surface area contributed by atoms with E-state index >= 15 is 0 Å². The number of alkyl halides is 1. The van der Waals surface area contributed by atoms with Gasteiger partial charge in [-0.15, -0.1) is 11.6 Å². The number of halogens is 1. The fourth-order valence-electron chi connectivity index (χ4n) is 2.28. The highest BCUT2D eigenvalue weighted by Gasteiger charge is 2.04. The Morgan fingerprint density at radius 2 is 1.72 bits per heavy atom. The van der Waals surface area contributed by atoms with Crippen molar-refractivity contribution in [1.82, 2.24) is 0 Å². The van der Waals surface area contributed by atoms with Crippen molar-refractivity contribution < 1.29 is 0 Å². The molecule has 0 fully saturated rings. The van der Waals surface area contributed by atoms with Gasteiger partial charge in [-0.3, -0.25) is 0 Å². The zero-order chi connectivity index (χ0) is 12.8. The van der Waals surface area contributed by atoms with Gasteiger partial charge in [0.1, 0.15) is 0 Å². The number of benzene rings is 2. The number of fused-ring (bicyclic) bond motifs is 1. The summed E-state index contributed by atoms with van der Waals surface area (Å²) in [6, 6.07) is 15.1. The Kier molecular flexibility index (Phi) is 4.89. The quantitative estimate of drug-likeness (QED) is 0.539. The highest BCUT2D eigenvalue weighted by atomic mass is 35.5. The highest BCUT2D eigenvalue weighted by molar-refractivity contribution is 6.17. The van der Waals surface area contributed by atoms with E-state index in [1.807, 2.05) is 0 Å². The van der Waals surface area contributed by atoms with Gasteiger partial charge >= 0.3 is 0 Å². The number of rotatable bonds is 6. The average Bonchev–Trinajstić information content (AvgIpc) is 2.43. The highest BCUT2D eigenvalue weighted by Crippen LogP contribution is 2.25. The summed E-state index contributed by atoms with van der Waals surface area (Å²) in [5.74, 6) is 0.776. The summed E-state index contributed by atoms with van der Waals surface area (Å²) in [4.78, 5) is 2.34. The monoisotopic (exact) mass is 261 g/mol. The van der Waals surface area contributed by atoms with Crippen molar-refractivity contribution in [3.63, 3.8) is 0 Å². The van der Waals surface area contributed by atoms with Crippen LogP contribution in [0.15, 0.2) is 42.5 Å². The molecule has 1 nitrogen and oxygen atoms in total. The van der Waals surface area contributed by atoms with E-state index in [1.54, 1.807) is 0 Å². The number of anilines is 1. The van der Waals surface area contributed by atoms with E-state index in [2.05, 4.69) is 54.4 Å². The molecule has 18 heavy (non-hydrogen) atoms. The van der Waals surface area contributed by atoms with Crippen molar-refractivity contribution in [2.24, 2.45) is 0 Å². The summed E-state index contributed by atoms with van der Waals surface area (Å²) in [5, 5.41) is 2.64. The summed E-state index contributed by atoms with van der Waals surface area (Å²) in [5.41, 5.74) is 1.32. The van der Waals surface area contributed by atoms with Crippen LogP contribution in [-0.4, -0.2) is 19.5 Å². The van der Waals surface area contributed by atoms with Gasteiger partial charge in [0.25, 0.3) is 0 Å². The first-order chi connectivity index (χ1) is 8.83. The normalized spacial score (nSPS) is 10.8. The van der Waals surface area contributed by atoms with Crippen LogP contribution in [0, 0.1) is 0 Å². The summed E-state index contributed by atoms with van der Waals surface area (Å²) in [7, 11) is 2.17. The van der Waals surface area contributed by atoms with Gasteiger partial charge in [-0.05, 0) is 24.3 Å². The van der Waals surface area contributed by atoms with Gasteiger partial charge in [0.2, 0.25) is 0 Å². The minimum atomic E-state index is 0.776. The minimum Gasteiger partial charge on any atom is -0.374 e. The predicted molar refractivity (Wildman–Crippen MR) is 81.8 cm³/mol. The van der Waals surface area contributed by atoms with Crippen LogP contribution in [0.1, 0.15) is 19.3 Å². The summed E-state index contributed by atoms with van der Waals surface area (Å²) >= 11 is 5.70. The van der Waals surface area contributed by atoms with Gasteiger partial charge in [0.15, 0.2) is 0 Å². The van der Waals surface area contributed by atoms with E-state index in [9.17, 15) is 0 Å². The predicted octanol–water partition coefficient (Wildman–Crippen LogP) is 4.69. The lowest BCUT2D eigenvalue weighted by Gasteiger charge is -2.21. The Balaban J connectivity index is 2.10. The molecule has 2 heteroatoms. The van der Waals surface area contributed by atoms with E-state index in [0.717, 1.165) is 18.8 Å². The molecule has 0 N–H and O–H groups in total. The van der Waals surface area contributed by atoms with E-state index in [1.165, 1.54) is 29.3 Å². The van der Waals surface area contributed by atoms with Gasteiger partial charge in [0, 0.05) is 30.5 Å². The lowest BCUT2D eigenvalue weighted by Crippen LogP contribution is -2.18. The molecule has 0 saturated heterocycles. The van der Waals surface area contributed by atoms with Crippen LogP contribution < -0.4 is 4.90 Å². The second-order valence-corrected chi connectivity index (χ2v) is 5.05. The van der Waals surface area contributed by atoms with Crippen molar-refractivity contribution in [3.8, 4) is 0 Å². The molecule has 0 unspecified atom stereocenters. The topological polar surface area (TPSA) is 3.24 Å². The van der Waals surface area contributed by atoms with Crippen LogP contribution in [0.4, 0.5) is 5.69 Å². The van der Waals surface area contributed by atoms with Gasteiger partial charge in [-0.25, -0.2) is 0 Å². The zero-order valence-electron chi connectivity index (χ0n) is 10.9. The number of hydrogen-bond acceptors (Lipinski definition) is 1. The van der Waals surface area contributed by atoms with Crippen molar-refractivity contribution in [2.45, 2.75) is 19.3 Å². The molecule has 2 aromatic rings. The Bertz CT molecular complexity index is 490. The molecule has 0 aromatic heterocycles. The zero-order valence-corrected chi connectivity index (χ0v) is 11.7. The first kappa shape index (κ1) is 13.2. The standard InChI is InChI=1S/C16H20ClN/c1-18(13-6-2-5-12-17)16-11-7-9-14-8-3-4-10-15(14)16/h3-4,7-11H,2,5-6,12-13H2,1H3. The molecule has 0 heterocycles. The van der Waals surface area contributed by atoms with Gasteiger partial charge in [-0.1, -0.05) is 42.8 Å². The Morgan fingerprint density at radius 1 is 0.944 bits per heavy atom. The molecule has 0 aliphatic rings. The van der Waals surface area contributed by atoms with Crippen LogP contribution >= 0.6 is 11.6 Å². The molecule has 2 aromatic carbocycles. The lowest BCUT2D eigenvalue weighted by molar-refractivity contribution is 0.709. The molecule has 0 atom stereocenters. The van der Waals surface area contributed by atoms with Crippen molar-refractivity contribution in [2.75, 3.05) is 24.4 Å². The van der Waals surface area contributed by atoms with Gasteiger partial charge in [-0.2, -0.15) is 0 Å². The molecular weight excluding hydrogens is 242 g/mol. The van der Waals surface area contributed by atoms with Crippen molar-refractivity contribution >= 4 is 28.1 Å². The fourth-order valence-corrected chi connectivity index (χ4v) is 2.47. The lowest BCUT2D eigenvalue weighted by atomic mass is 10.1. The molecule has 0 aliphatic heterocycles. The number of hydrogen-bond donors (Lipinski definition) is 0. The summed E-state index contributed by atoms with van der Waals surface area (Å²) in [6.07, 6.45) is 3.52. The minimum absolute atomic E-state index is 0.776. The van der Waals surface area contributed by atoms with E-state index < -0.39 is 0 Å². The third-order valence-electron chi connectivity index (χ3n) is 3.31. The van der Waals surface area contributed by atoms with Gasteiger partial charge in [0.05, 0.1) is 0 Å². The van der Waals surface area contributed by atoms with Crippen molar-refractivity contribution in [3.05, 3.63) is 42.5 Å². The van der Waals surface area contributed by atoms with Crippen LogP contribution in [-0.2, 0) is 0 Å². The maximum Gasteiger partial charge on any atom is 0.0443 e. The maximum atomic E-state index is 5.70. The summed E-state index contributed by atoms with van der Waals surface area (Å²) in [6.45, 7) is 1.09. The Morgan fingerprint density at radius 3 is 2.56 bits per heavy atom. The molecular formula is C16H20ClN. The smallest absolute Gasteiger partial charge is 0.0443 e. The number of unbranched alkanes of at least 4 members (excludes halogenated alkanes) is 2. The average molecular weight is 262 g/mol. The van der Waals surface area contributed by atoms with Gasteiger partial charge < -0.3 is 4.90 Å². The van der Waals surface area contributed by atoms with Crippen LogP contribution in [0.3, 0.4) is 0 Å².